The van der Waals surface area contributed by atoms with Crippen molar-refractivity contribution >= 4 is 11.5 Å². The molecule has 1 aliphatic heterocycles. The molecular formula is C21H24N4O4. The molecule has 0 aromatic heterocycles. The number of ether oxygens (including phenoxy) is 1. The normalized spacial score (nSPS) is 21.1. The van der Waals surface area contributed by atoms with E-state index in [1.165, 1.54) is 12.1 Å². The van der Waals surface area contributed by atoms with Crippen LogP contribution in [0.4, 0.5) is 5.69 Å². The Morgan fingerprint density at radius 3 is 2.76 bits per heavy atom. The van der Waals surface area contributed by atoms with Crippen molar-refractivity contribution in [1.29, 1.82) is 5.26 Å². The summed E-state index contributed by atoms with van der Waals surface area (Å²) in [7, 11) is 1.58. The maximum Gasteiger partial charge on any atom is 0.269 e. The Hall–Kier alpha value is -3.18. The van der Waals surface area contributed by atoms with Crippen LogP contribution in [0.3, 0.4) is 0 Å². The number of nitrogens with zero attached hydrogens (tertiary/aromatic N) is 3. The molecule has 1 aromatic rings. The lowest BCUT2D eigenvalue weighted by Crippen LogP contribution is -2.43. The van der Waals surface area contributed by atoms with Gasteiger partial charge >= 0.3 is 0 Å². The fourth-order valence-corrected chi connectivity index (χ4v) is 4.16. The molecule has 0 amide bonds. The van der Waals surface area contributed by atoms with Gasteiger partial charge < -0.3 is 15.4 Å². The predicted octanol–water partition coefficient (Wildman–Crippen LogP) is 2.98. The summed E-state index contributed by atoms with van der Waals surface area (Å²) in [6.45, 7) is 4.83. The molecule has 1 heterocycles. The van der Waals surface area contributed by atoms with Crippen LogP contribution in [0.25, 0.3) is 0 Å². The van der Waals surface area contributed by atoms with Crippen LogP contribution in [0.1, 0.15) is 38.2 Å². The molecule has 0 spiro atoms. The molecule has 0 saturated carbocycles. The van der Waals surface area contributed by atoms with Gasteiger partial charge in [0, 0.05) is 43.5 Å². The first-order valence-corrected chi connectivity index (χ1v) is 9.37. The number of carbonyl (C=O) groups excluding carboxylic acids is 1. The van der Waals surface area contributed by atoms with Crippen molar-refractivity contribution < 1.29 is 14.5 Å². The maximum atomic E-state index is 13.2. The van der Waals surface area contributed by atoms with Gasteiger partial charge in [-0.25, -0.2) is 0 Å². The summed E-state index contributed by atoms with van der Waals surface area (Å²) in [6.07, 6.45) is 0.955. The molecule has 1 atom stereocenters. The summed E-state index contributed by atoms with van der Waals surface area (Å²) in [6, 6.07) is 8.21. The number of hydrogen-bond donors (Lipinski definition) is 1. The molecule has 2 N–H and O–H groups in total. The van der Waals surface area contributed by atoms with Crippen molar-refractivity contribution in [2.24, 2.45) is 11.1 Å². The first-order chi connectivity index (χ1) is 13.7. The number of nitro benzene ring substituents is 1. The number of allylic oxidation sites excluding steroid dienone is 3. The van der Waals surface area contributed by atoms with Gasteiger partial charge in [0.1, 0.15) is 5.82 Å². The van der Waals surface area contributed by atoms with Crippen LogP contribution in [0.5, 0.6) is 0 Å². The first kappa shape index (κ1) is 20.6. The van der Waals surface area contributed by atoms with E-state index < -0.39 is 10.8 Å². The van der Waals surface area contributed by atoms with E-state index in [2.05, 4.69) is 6.07 Å². The average Bonchev–Trinajstić information content (AvgIpc) is 2.65. The summed E-state index contributed by atoms with van der Waals surface area (Å²) in [5.41, 5.74) is 8.08. The number of non-ortho nitro benzene ring substituents is 1. The summed E-state index contributed by atoms with van der Waals surface area (Å²) < 4.78 is 5.19. The number of nitro groups is 1. The number of hydrogen-bond acceptors (Lipinski definition) is 7. The number of benzene rings is 1. The number of nitrogens with two attached hydrogens (primary N) is 1. The van der Waals surface area contributed by atoms with Crippen molar-refractivity contribution in [2.45, 2.75) is 32.6 Å². The second-order valence-corrected chi connectivity index (χ2v) is 8.14. The van der Waals surface area contributed by atoms with E-state index in [9.17, 15) is 20.2 Å². The average molecular weight is 396 g/mol. The highest BCUT2D eigenvalue weighted by molar-refractivity contribution is 6.00. The predicted molar refractivity (Wildman–Crippen MR) is 106 cm³/mol. The molecule has 1 aliphatic carbocycles. The highest BCUT2D eigenvalue weighted by Gasteiger charge is 2.44. The Balaban J connectivity index is 2.23. The van der Waals surface area contributed by atoms with Crippen LogP contribution >= 0.6 is 0 Å². The van der Waals surface area contributed by atoms with E-state index in [0.29, 0.717) is 37.1 Å². The molecule has 3 rings (SSSR count). The third-order valence-electron chi connectivity index (χ3n) is 5.42. The Morgan fingerprint density at radius 1 is 1.41 bits per heavy atom. The zero-order chi connectivity index (χ0) is 21.3. The summed E-state index contributed by atoms with van der Waals surface area (Å²) in [5.74, 6) is -0.502. The van der Waals surface area contributed by atoms with Crippen LogP contribution in [0, 0.1) is 26.9 Å². The Morgan fingerprint density at radius 2 is 2.14 bits per heavy atom. The summed E-state index contributed by atoms with van der Waals surface area (Å²) >= 11 is 0. The van der Waals surface area contributed by atoms with Crippen LogP contribution in [0.2, 0.25) is 0 Å². The van der Waals surface area contributed by atoms with Crippen LogP contribution < -0.4 is 5.73 Å². The van der Waals surface area contributed by atoms with Crippen molar-refractivity contribution in [3.05, 3.63) is 62.6 Å². The number of carbonyl (C=O) groups is 1. The van der Waals surface area contributed by atoms with E-state index >= 15 is 0 Å². The van der Waals surface area contributed by atoms with E-state index in [4.69, 9.17) is 10.5 Å². The lowest BCUT2D eigenvalue weighted by atomic mass is 9.68. The number of methoxy groups -OCH3 is 1. The second kappa shape index (κ2) is 7.68. The van der Waals surface area contributed by atoms with E-state index in [1.54, 1.807) is 24.1 Å². The molecule has 8 heteroatoms. The van der Waals surface area contributed by atoms with Crippen molar-refractivity contribution in [3.8, 4) is 6.07 Å². The quantitative estimate of drug-likeness (QED) is 0.599. The monoisotopic (exact) mass is 396 g/mol. The molecule has 0 fully saturated rings. The largest absolute Gasteiger partial charge is 0.384 e. The molecule has 0 radical (unpaired) electrons. The SMILES string of the molecule is COCCN1C(N)=C(C#N)[C@@H](c2cccc([N+](=O)[O-])c2)C2=C1CC(C)(C)CC2=O. The van der Waals surface area contributed by atoms with Gasteiger partial charge in [-0.05, 0) is 17.4 Å². The Labute approximate surface area is 169 Å². The van der Waals surface area contributed by atoms with Crippen molar-refractivity contribution in [3.63, 3.8) is 0 Å². The van der Waals surface area contributed by atoms with Gasteiger partial charge in [-0.1, -0.05) is 26.0 Å². The minimum Gasteiger partial charge on any atom is -0.384 e. The third kappa shape index (κ3) is 3.74. The van der Waals surface area contributed by atoms with Crippen molar-refractivity contribution in [1.82, 2.24) is 4.90 Å². The van der Waals surface area contributed by atoms with Crippen molar-refractivity contribution in [2.75, 3.05) is 20.3 Å². The third-order valence-corrected chi connectivity index (χ3v) is 5.42. The first-order valence-electron chi connectivity index (χ1n) is 9.37. The minimum absolute atomic E-state index is 0.0598. The number of nitriles is 1. The van der Waals surface area contributed by atoms with E-state index in [0.717, 1.165) is 5.70 Å². The number of ketones is 1. The molecule has 0 bridgehead atoms. The van der Waals surface area contributed by atoms with Gasteiger partial charge in [0.15, 0.2) is 5.78 Å². The fraction of sp³-hybridized carbons (Fsp3) is 0.429. The summed E-state index contributed by atoms with van der Waals surface area (Å²) in [4.78, 5) is 25.8. The zero-order valence-electron chi connectivity index (χ0n) is 16.8. The molecule has 1 aromatic carbocycles. The van der Waals surface area contributed by atoms with Crippen LogP contribution in [-0.4, -0.2) is 35.9 Å². The lowest BCUT2D eigenvalue weighted by molar-refractivity contribution is -0.384. The second-order valence-electron chi connectivity index (χ2n) is 8.14. The van der Waals surface area contributed by atoms with Gasteiger partial charge in [0.25, 0.3) is 5.69 Å². The van der Waals surface area contributed by atoms with Crippen LogP contribution in [-0.2, 0) is 9.53 Å². The molecule has 29 heavy (non-hydrogen) atoms. The van der Waals surface area contributed by atoms with Gasteiger partial charge in [-0.3, -0.25) is 14.9 Å². The van der Waals surface area contributed by atoms with Gasteiger partial charge in [0.2, 0.25) is 0 Å². The number of Topliss-reactive ketones (excluding diaryl/α,β-unsaturated/α-hetero) is 1. The Kier molecular flexibility index (Phi) is 5.44. The maximum absolute atomic E-state index is 13.2. The van der Waals surface area contributed by atoms with E-state index in [-0.39, 0.29) is 28.3 Å². The molecule has 8 nitrogen and oxygen atoms in total. The summed E-state index contributed by atoms with van der Waals surface area (Å²) in [5, 5.41) is 21.1. The smallest absolute Gasteiger partial charge is 0.269 e. The molecule has 0 unspecified atom stereocenters. The number of rotatable bonds is 5. The molecule has 2 aliphatic rings. The molecular weight excluding hydrogens is 372 g/mol. The Bertz CT molecular complexity index is 971. The minimum atomic E-state index is -0.711. The standard InChI is InChI=1S/C21H24N4O4/c1-21(2)10-16-19(17(26)11-21)18(13-5-4-6-14(9-13)25(27)28)15(12-22)20(23)24(16)7-8-29-3/h4-6,9,18H,7-8,10-11,23H2,1-3H3/t18-/m1/s1. The highest BCUT2D eigenvalue weighted by Crippen LogP contribution is 2.49. The lowest BCUT2D eigenvalue weighted by Gasteiger charge is -2.43. The van der Waals surface area contributed by atoms with Gasteiger partial charge in [0.05, 0.1) is 29.1 Å². The zero-order valence-corrected chi connectivity index (χ0v) is 16.8. The fourth-order valence-electron chi connectivity index (χ4n) is 4.16. The molecule has 152 valence electrons. The topological polar surface area (TPSA) is 122 Å². The molecule has 0 saturated heterocycles. The van der Waals surface area contributed by atoms with E-state index in [1.807, 2.05) is 13.8 Å². The van der Waals surface area contributed by atoms with Gasteiger partial charge in [-0.2, -0.15) is 5.26 Å². The highest BCUT2D eigenvalue weighted by atomic mass is 16.6. The van der Waals surface area contributed by atoms with Gasteiger partial charge in [-0.15, -0.1) is 0 Å². The van der Waals surface area contributed by atoms with Crippen LogP contribution in [0.15, 0.2) is 46.9 Å².